The molecule has 0 saturated heterocycles. The monoisotopic (exact) mass is 202 g/mol. The Balaban J connectivity index is 2.95. The molecule has 0 rings (SSSR count). The zero-order chi connectivity index (χ0) is 8.53. The van der Waals surface area contributed by atoms with Crippen LogP contribution in [-0.4, -0.2) is 5.97 Å². The predicted octanol–water partition coefficient (Wildman–Crippen LogP) is 2.35. The fraction of sp³-hybridized carbons (Fsp3) is 0.875. The summed E-state index contributed by atoms with van der Waals surface area (Å²) in [5.41, 5.74) is 0. The van der Waals surface area contributed by atoms with Crippen LogP contribution in [0.15, 0.2) is 0 Å². The molecule has 0 aromatic heterocycles. The minimum absolute atomic E-state index is 0.221. The standard InChI is InChI=1S/C8H16O2.Co/c1-2-3-4-5-6-7-8(9)10;/h2-7H2,1H3,(H,9,10);/q;+1/p-1. The van der Waals surface area contributed by atoms with E-state index < -0.39 is 0 Å². The number of carbonyl (C=O) groups is 1. The Kier molecular flexibility index (Phi) is 8.06. The molecule has 11 heavy (non-hydrogen) atoms. The number of carbonyl (C=O) groups excluding carboxylic acids is 1. The normalized spacial score (nSPS) is 9.73. The molecule has 0 aromatic carbocycles. The molecule has 0 aliphatic heterocycles. The molecule has 0 unspecified atom stereocenters. The second-order valence-corrected chi connectivity index (χ2v) is 2.82. The van der Waals surface area contributed by atoms with Crippen LogP contribution in [0.1, 0.15) is 45.4 Å². The summed E-state index contributed by atoms with van der Waals surface area (Å²) in [6.07, 6.45) is 6.27. The van der Waals surface area contributed by atoms with Gasteiger partial charge in [-0.25, -0.2) is 0 Å². The van der Waals surface area contributed by atoms with Crippen LogP contribution in [0, 0.1) is 0 Å². The molecule has 0 N–H and O–H groups in total. The van der Waals surface area contributed by atoms with Crippen LogP contribution >= 0.6 is 0 Å². The van der Waals surface area contributed by atoms with Gasteiger partial charge in [0.15, 0.2) is 0 Å². The number of hydrogen-bond donors (Lipinski definition) is 0. The van der Waals surface area contributed by atoms with Gasteiger partial charge in [0.25, 0.3) is 0 Å². The van der Waals surface area contributed by atoms with E-state index in [0.29, 0.717) is 6.42 Å². The maximum absolute atomic E-state index is 10.5. The number of hydrogen-bond acceptors (Lipinski definition) is 2. The molecular formula is C8H15CoO2. The summed E-state index contributed by atoms with van der Waals surface area (Å²) in [4.78, 5) is 10.5. The van der Waals surface area contributed by atoms with Gasteiger partial charge in [-0.3, -0.25) is 0 Å². The van der Waals surface area contributed by atoms with Crippen molar-refractivity contribution in [3.63, 3.8) is 0 Å². The molecule has 0 aliphatic rings. The van der Waals surface area contributed by atoms with Crippen LogP contribution in [-0.2, 0) is 24.7 Å². The average molecular weight is 202 g/mol. The third-order valence-corrected chi connectivity index (χ3v) is 1.80. The molecule has 0 saturated carbocycles. The van der Waals surface area contributed by atoms with Crippen molar-refractivity contribution in [3.8, 4) is 0 Å². The van der Waals surface area contributed by atoms with Gasteiger partial charge in [-0.2, -0.15) is 0 Å². The van der Waals surface area contributed by atoms with E-state index in [9.17, 15) is 4.79 Å². The van der Waals surface area contributed by atoms with Crippen LogP contribution in [0.25, 0.3) is 0 Å². The second-order valence-electron chi connectivity index (χ2n) is 2.60. The van der Waals surface area contributed by atoms with E-state index in [1.807, 2.05) is 0 Å². The molecule has 0 aromatic rings. The van der Waals surface area contributed by atoms with Gasteiger partial charge >= 0.3 is 76.1 Å². The molecule has 68 valence electrons. The first-order chi connectivity index (χ1) is 5.31. The maximum atomic E-state index is 10.5. The summed E-state index contributed by atoms with van der Waals surface area (Å²) in [5.74, 6) is -0.221. The van der Waals surface area contributed by atoms with Crippen molar-refractivity contribution in [2.24, 2.45) is 0 Å². The molecule has 0 aliphatic carbocycles. The van der Waals surface area contributed by atoms with Gasteiger partial charge in [0, 0.05) is 0 Å². The van der Waals surface area contributed by atoms with Crippen molar-refractivity contribution in [1.29, 1.82) is 0 Å². The Morgan fingerprint density at radius 2 is 1.91 bits per heavy atom. The van der Waals surface area contributed by atoms with Crippen molar-refractivity contribution in [1.82, 2.24) is 0 Å². The predicted molar refractivity (Wildman–Crippen MR) is 39.5 cm³/mol. The number of rotatable bonds is 6. The zero-order valence-electron chi connectivity index (χ0n) is 6.89. The van der Waals surface area contributed by atoms with E-state index in [2.05, 4.69) is 26.8 Å². The Morgan fingerprint density at radius 1 is 1.27 bits per heavy atom. The van der Waals surface area contributed by atoms with Gasteiger partial charge in [-0.15, -0.1) is 0 Å². The molecule has 0 bridgehead atoms. The fourth-order valence-corrected chi connectivity index (χ4v) is 1.01. The van der Waals surface area contributed by atoms with Crippen molar-refractivity contribution in [2.75, 3.05) is 0 Å². The van der Waals surface area contributed by atoms with Crippen molar-refractivity contribution in [2.45, 2.75) is 45.4 Å². The van der Waals surface area contributed by atoms with E-state index in [-0.39, 0.29) is 5.97 Å². The molecule has 0 radical (unpaired) electrons. The SMILES string of the molecule is CCCCCCCC(=O)[O][Co]. The van der Waals surface area contributed by atoms with Gasteiger partial charge < -0.3 is 0 Å². The molecule has 0 fully saturated rings. The van der Waals surface area contributed by atoms with Crippen LogP contribution in [0.4, 0.5) is 0 Å². The Morgan fingerprint density at radius 3 is 2.45 bits per heavy atom. The van der Waals surface area contributed by atoms with Gasteiger partial charge in [-0.1, -0.05) is 0 Å². The first kappa shape index (κ1) is 11.0. The molecular weight excluding hydrogens is 187 g/mol. The van der Waals surface area contributed by atoms with E-state index in [1.165, 1.54) is 19.3 Å². The number of unbranched alkanes of at least 4 members (excludes halogenated alkanes) is 4. The van der Waals surface area contributed by atoms with Gasteiger partial charge in [0.1, 0.15) is 0 Å². The molecule has 0 heterocycles. The van der Waals surface area contributed by atoms with E-state index >= 15 is 0 Å². The van der Waals surface area contributed by atoms with Crippen molar-refractivity contribution in [3.05, 3.63) is 0 Å². The fourth-order valence-electron chi connectivity index (χ4n) is 0.907. The van der Waals surface area contributed by atoms with Gasteiger partial charge in [0.2, 0.25) is 0 Å². The van der Waals surface area contributed by atoms with Crippen LogP contribution in [0.3, 0.4) is 0 Å². The summed E-state index contributed by atoms with van der Waals surface area (Å²) in [7, 11) is 0. The van der Waals surface area contributed by atoms with E-state index in [4.69, 9.17) is 0 Å². The third-order valence-electron chi connectivity index (χ3n) is 1.56. The molecule has 3 heteroatoms. The molecule has 0 spiro atoms. The van der Waals surface area contributed by atoms with E-state index in [0.717, 1.165) is 12.8 Å². The summed E-state index contributed by atoms with van der Waals surface area (Å²) < 4.78 is 4.21. The Bertz CT molecular complexity index is 104. The summed E-state index contributed by atoms with van der Waals surface area (Å²) in [6.45, 7) is 2.17. The topological polar surface area (TPSA) is 26.3 Å². The summed E-state index contributed by atoms with van der Waals surface area (Å²) in [5, 5.41) is 0. The zero-order valence-corrected chi connectivity index (χ0v) is 7.93. The van der Waals surface area contributed by atoms with Gasteiger partial charge in [0.05, 0.1) is 0 Å². The van der Waals surface area contributed by atoms with Crippen LogP contribution in [0.5, 0.6) is 0 Å². The first-order valence-electron chi connectivity index (χ1n) is 4.10. The third kappa shape index (κ3) is 7.88. The van der Waals surface area contributed by atoms with Gasteiger partial charge in [-0.05, 0) is 0 Å². The Labute approximate surface area is 76.6 Å². The summed E-state index contributed by atoms with van der Waals surface area (Å²) in [6, 6.07) is 0. The van der Waals surface area contributed by atoms with Crippen molar-refractivity contribution >= 4 is 5.97 Å². The summed E-state index contributed by atoms with van der Waals surface area (Å²) >= 11 is 3.45. The quantitative estimate of drug-likeness (QED) is 0.618. The van der Waals surface area contributed by atoms with Crippen molar-refractivity contribution < 1.29 is 24.7 Å². The second kappa shape index (κ2) is 8.08. The molecule has 0 atom stereocenters. The average Bonchev–Trinajstić information content (AvgIpc) is 2.04. The molecule has 0 amide bonds. The molecule has 2 nitrogen and oxygen atoms in total. The first-order valence-corrected chi connectivity index (χ1v) is 4.53. The Hall–Kier alpha value is -0.0235. The van der Waals surface area contributed by atoms with E-state index in [1.54, 1.807) is 0 Å². The minimum atomic E-state index is -0.221. The van der Waals surface area contributed by atoms with Crippen LogP contribution in [0.2, 0.25) is 0 Å². The van der Waals surface area contributed by atoms with Crippen LogP contribution < -0.4 is 0 Å².